The third kappa shape index (κ3) is 3.62. The van der Waals surface area contributed by atoms with E-state index in [1.807, 2.05) is 18.2 Å². The first-order valence-corrected chi connectivity index (χ1v) is 8.42. The lowest BCUT2D eigenvalue weighted by atomic mass is 10.2. The number of nitrogens with zero attached hydrogens (tertiary/aromatic N) is 1. The Bertz CT molecular complexity index is 530. The minimum atomic E-state index is 0.314. The second-order valence-electron chi connectivity index (χ2n) is 5.83. The maximum atomic E-state index is 5.53. The van der Waals surface area contributed by atoms with Crippen LogP contribution in [0.2, 0.25) is 0 Å². The molecule has 2 heterocycles. The molecule has 0 aromatic heterocycles. The van der Waals surface area contributed by atoms with Crippen molar-refractivity contribution >= 4 is 17.3 Å². The predicted molar refractivity (Wildman–Crippen MR) is 89.4 cm³/mol. The van der Waals surface area contributed by atoms with Crippen LogP contribution in [0.1, 0.15) is 18.9 Å². The van der Waals surface area contributed by atoms with Gasteiger partial charge in [-0.05, 0) is 36.3 Å². The summed E-state index contributed by atoms with van der Waals surface area (Å²) in [5, 5.41) is 4.21. The minimum absolute atomic E-state index is 0.314. The van der Waals surface area contributed by atoms with Crippen molar-refractivity contribution in [1.82, 2.24) is 10.2 Å². The largest absolute Gasteiger partial charge is 0.454 e. The molecule has 0 radical (unpaired) electrons. The van der Waals surface area contributed by atoms with Gasteiger partial charge in [0.25, 0.3) is 0 Å². The summed E-state index contributed by atoms with van der Waals surface area (Å²) in [6, 6.07) is 6.02. The molecule has 3 rings (SSSR count). The maximum Gasteiger partial charge on any atom is 0.231 e. The van der Waals surface area contributed by atoms with E-state index in [2.05, 4.69) is 17.1 Å². The minimum Gasteiger partial charge on any atom is -0.454 e. The maximum absolute atomic E-state index is 5.53. The van der Waals surface area contributed by atoms with Crippen molar-refractivity contribution in [3.05, 3.63) is 23.8 Å². The summed E-state index contributed by atoms with van der Waals surface area (Å²) in [7, 11) is 0. The third-order valence-corrected chi connectivity index (χ3v) is 4.64. The van der Waals surface area contributed by atoms with Crippen LogP contribution in [0, 0.1) is 0 Å². The normalized spacial score (nSPS) is 17.6. The predicted octanol–water partition coefficient (Wildman–Crippen LogP) is 0.400. The topological polar surface area (TPSA) is 38.2 Å². The van der Waals surface area contributed by atoms with E-state index in [1.54, 1.807) is 4.90 Å². The highest BCUT2D eigenvalue weighted by Gasteiger charge is 2.21. The van der Waals surface area contributed by atoms with Gasteiger partial charge in [-0.15, -0.1) is 0 Å². The lowest BCUT2D eigenvalue weighted by Gasteiger charge is -2.33. The second-order valence-corrected chi connectivity index (χ2v) is 6.22. The molecule has 0 spiro atoms. The molecule has 2 aliphatic heterocycles. The molecule has 0 saturated carbocycles. The van der Waals surface area contributed by atoms with Crippen molar-refractivity contribution in [3.63, 3.8) is 0 Å². The van der Waals surface area contributed by atoms with Crippen LogP contribution in [0.5, 0.6) is 11.5 Å². The number of hydrogen-bond donors (Lipinski definition) is 2. The molecule has 0 aliphatic carbocycles. The number of nitrogens with one attached hydrogen (secondary N) is 2. The third-order valence-electron chi connectivity index (χ3n) is 4.24. The molecule has 0 bridgehead atoms. The first-order chi connectivity index (χ1) is 10.8. The number of quaternary nitrogens is 1. The van der Waals surface area contributed by atoms with Crippen LogP contribution in [0.15, 0.2) is 18.2 Å². The van der Waals surface area contributed by atoms with Gasteiger partial charge in [0.2, 0.25) is 6.79 Å². The van der Waals surface area contributed by atoms with Crippen molar-refractivity contribution in [2.45, 2.75) is 19.9 Å². The Morgan fingerprint density at radius 3 is 2.82 bits per heavy atom. The van der Waals surface area contributed by atoms with Gasteiger partial charge in [0.15, 0.2) is 16.6 Å². The van der Waals surface area contributed by atoms with Crippen LogP contribution in [0.25, 0.3) is 0 Å². The van der Waals surface area contributed by atoms with Gasteiger partial charge < -0.3 is 24.6 Å². The van der Waals surface area contributed by atoms with Crippen molar-refractivity contribution in [3.8, 4) is 11.5 Å². The van der Waals surface area contributed by atoms with E-state index in [-0.39, 0.29) is 0 Å². The fourth-order valence-corrected chi connectivity index (χ4v) is 3.22. The summed E-state index contributed by atoms with van der Waals surface area (Å²) in [5.74, 6) is 1.64. The van der Waals surface area contributed by atoms with Gasteiger partial charge in [-0.3, -0.25) is 0 Å². The zero-order chi connectivity index (χ0) is 15.4. The number of piperazine rings is 1. The van der Waals surface area contributed by atoms with Gasteiger partial charge in [-0.1, -0.05) is 13.0 Å². The number of ether oxygens (including phenoxy) is 2. The van der Waals surface area contributed by atoms with Gasteiger partial charge in [-0.2, -0.15) is 0 Å². The molecule has 0 atom stereocenters. The van der Waals surface area contributed by atoms with Gasteiger partial charge in [0.05, 0.1) is 32.7 Å². The number of thiocarbonyl (C=S) groups is 1. The average molecular weight is 322 g/mol. The Labute approximate surface area is 137 Å². The Kier molecular flexibility index (Phi) is 5.00. The highest BCUT2D eigenvalue weighted by atomic mass is 32.1. The molecule has 2 N–H and O–H groups in total. The molecule has 0 unspecified atom stereocenters. The Morgan fingerprint density at radius 2 is 2.05 bits per heavy atom. The molecule has 6 heteroatoms. The molecule has 5 nitrogen and oxygen atoms in total. The van der Waals surface area contributed by atoms with E-state index in [0.717, 1.165) is 41.8 Å². The quantitative estimate of drug-likeness (QED) is 0.785. The molecule has 1 fully saturated rings. The molecule has 1 aromatic carbocycles. The summed E-state index contributed by atoms with van der Waals surface area (Å²) in [5.41, 5.74) is 1.15. The van der Waals surface area contributed by atoms with E-state index in [9.17, 15) is 0 Å². The van der Waals surface area contributed by atoms with Crippen molar-refractivity contribution < 1.29 is 14.4 Å². The van der Waals surface area contributed by atoms with Gasteiger partial charge in [0.1, 0.15) is 0 Å². The van der Waals surface area contributed by atoms with E-state index in [4.69, 9.17) is 21.7 Å². The summed E-state index contributed by atoms with van der Waals surface area (Å²) in [4.78, 5) is 3.97. The van der Waals surface area contributed by atoms with E-state index >= 15 is 0 Å². The summed E-state index contributed by atoms with van der Waals surface area (Å²) < 4.78 is 10.7. The fraction of sp³-hybridized carbons (Fsp3) is 0.562. The van der Waals surface area contributed by atoms with Crippen LogP contribution in [0.3, 0.4) is 0 Å². The molecule has 120 valence electrons. The Hall–Kier alpha value is -1.53. The monoisotopic (exact) mass is 322 g/mol. The molecule has 22 heavy (non-hydrogen) atoms. The van der Waals surface area contributed by atoms with Crippen LogP contribution in [-0.2, 0) is 6.54 Å². The summed E-state index contributed by atoms with van der Waals surface area (Å²) >= 11 is 5.53. The second kappa shape index (κ2) is 7.15. The highest BCUT2D eigenvalue weighted by molar-refractivity contribution is 7.80. The number of fused-ring (bicyclic) bond motifs is 1. The van der Waals surface area contributed by atoms with Crippen molar-refractivity contribution in [1.29, 1.82) is 0 Å². The Morgan fingerprint density at radius 1 is 1.27 bits per heavy atom. The standard InChI is InChI=1S/C16H23N3O2S/c1-2-5-18-6-8-19(9-7-18)16(22)17-11-13-3-4-14-15(10-13)21-12-20-14/h3-4,10H,2,5-9,11-12H2,1H3,(H,17,22)/p+1. The van der Waals surface area contributed by atoms with E-state index in [1.165, 1.54) is 26.1 Å². The Balaban J connectivity index is 1.46. The zero-order valence-electron chi connectivity index (χ0n) is 13.1. The fourth-order valence-electron chi connectivity index (χ4n) is 2.97. The molecule has 0 amide bonds. The zero-order valence-corrected chi connectivity index (χ0v) is 13.9. The first-order valence-electron chi connectivity index (χ1n) is 8.01. The number of benzene rings is 1. The molecule has 2 aliphatic rings. The van der Waals surface area contributed by atoms with Gasteiger partial charge >= 0.3 is 0 Å². The smallest absolute Gasteiger partial charge is 0.231 e. The molecular weight excluding hydrogens is 298 g/mol. The van der Waals surface area contributed by atoms with Crippen LogP contribution in [-0.4, -0.2) is 49.5 Å². The van der Waals surface area contributed by atoms with Crippen LogP contribution in [0.4, 0.5) is 0 Å². The SMILES string of the molecule is CCC[NH+]1CCN(C(=S)NCc2ccc3c(c2)OCO3)CC1. The average Bonchev–Trinajstić information content (AvgIpc) is 3.01. The van der Waals surface area contributed by atoms with E-state index < -0.39 is 0 Å². The van der Waals surface area contributed by atoms with Crippen LogP contribution >= 0.6 is 12.2 Å². The van der Waals surface area contributed by atoms with Crippen molar-refractivity contribution in [2.24, 2.45) is 0 Å². The molecular formula is C16H24N3O2S+. The van der Waals surface area contributed by atoms with Crippen molar-refractivity contribution in [2.75, 3.05) is 39.5 Å². The number of rotatable bonds is 4. The molecule has 1 aromatic rings. The summed E-state index contributed by atoms with van der Waals surface area (Å²) in [6.45, 7) is 9.00. The summed E-state index contributed by atoms with van der Waals surface area (Å²) in [6.07, 6.45) is 1.25. The van der Waals surface area contributed by atoms with Crippen LogP contribution < -0.4 is 19.7 Å². The lowest BCUT2D eigenvalue weighted by Crippen LogP contribution is -3.14. The first kappa shape index (κ1) is 15.4. The van der Waals surface area contributed by atoms with Gasteiger partial charge in [0, 0.05) is 6.54 Å². The van der Waals surface area contributed by atoms with E-state index in [0.29, 0.717) is 6.79 Å². The number of hydrogen-bond acceptors (Lipinski definition) is 3. The highest BCUT2D eigenvalue weighted by Crippen LogP contribution is 2.32. The van der Waals surface area contributed by atoms with Gasteiger partial charge in [-0.25, -0.2) is 0 Å². The lowest BCUT2D eigenvalue weighted by molar-refractivity contribution is -0.903. The molecule has 1 saturated heterocycles.